The molecule has 2 heterocycles. The summed E-state index contributed by atoms with van der Waals surface area (Å²) >= 11 is 0. The van der Waals surface area contributed by atoms with E-state index in [2.05, 4.69) is 9.97 Å². The van der Waals surface area contributed by atoms with Crippen LogP contribution in [0.2, 0.25) is 0 Å². The van der Waals surface area contributed by atoms with Crippen molar-refractivity contribution in [3.63, 3.8) is 0 Å². The van der Waals surface area contributed by atoms with E-state index < -0.39 is 0 Å². The number of ketones is 2. The highest BCUT2D eigenvalue weighted by atomic mass is 16.5. The molecule has 0 saturated carbocycles. The average Bonchev–Trinajstić information content (AvgIpc) is 2.72. The molecule has 0 spiro atoms. The van der Waals surface area contributed by atoms with Gasteiger partial charge in [0.1, 0.15) is 6.23 Å². The van der Waals surface area contributed by atoms with Crippen LogP contribution in [-0.4, -0.2) is 72.9 Å². The number of carbonyl (C=O) groups excluding carboxylic acids is 2. The maximum Gasteiger partial charge on any atom is 0.189 e. The van der Waals surface area contributed by atoms with Crippen molar-refractivity contribution < 1.29 is 14.3 Å². The van der Waals surface area contributed by atoms with Crippen molar-refractivity contribution in [3.05, 3.63) is 71.4 Å². The Bertz CT molecular complexity index is 848. The third-order valence-corrected chi connectivity index (χ3v) is 4.32. The Balaban J connectivity index is 0.000000465. The summed E-state index contributed by atoms with van der Waals surface area (Å²) in [6, 6.07) is 3.66. The number of rotatable bonds is 6. The van der Waals surface area contributed by atoms with Crippen LogP contribution < -0.4 is 0 Å². The van der Waals surface area contributed by atoms with Crippen LogP contribution in [0.25, 0.3) is 0 Å². The zero-order chi connectivity index (χ0) is 24.0. The number of methoxy groups -OCH3 is 1. The molecule has 170 valence electrons. The van der Waals surface area contributed by atoms with Gasteiger partial charge in [-0.1, -0.05) is 0 Å². The smallest absolute Gasteiger partial charge is 0.189 e. The van der Waals surface area contributed by atoms with Gasteiger partial charge in [0.15, 0.2) is 11.6 Å². The number of aromatic nitrogens is 2. The van der Waals surface area contributed by atoms with Crippen LogP contribution in [0.4, 0.5) is 0 Å². The number of nitrogens with zero attached hydrogens (tertiary/aromatic N) is 4. The van der Waals surface area contributed by atoms with Gasteiger partial charge in [0, 0.05) is 69.4 Å². The Kier molecular flexibility index (Phi) is 13.6. The predicted octanol–water partition coefficient (Wildman–Crippen LogP) is 3.78. The maximum absolute atomic E-state index is 11.6. The van der Waals surface area contributed by atoms with Crippen molar-refractivity contribution in [2.24, 2.45) is 0 Å². The molecule has 0 radical (unpaired) electrons. The lowest BCUT2D eigenvalue weighted by Gasteiger charge is -2.16. The van der Waals surface area contributed by atoms with Crippen LogP contribution in [0.15, 0.2) is 49.2 Å². The van der Waals surface area contributed by atoms with E-state index in [0.717, 1.165) is 11.1 Å². The number of carbonyl (C=O) groups is 2. The number of pyridine rings is 2. The van der Waals surface area contributed by atoms with E-state index in [1.165, 1.54) is 0 Å². The Morgan fingerprint density at radius 2 is 1.45 bits per heavy atom. The summed E-state index contributed by atoms with van der Waals surface area (Å²) in [5.41, 5.74) is 3.31. The van der Waals surface area contributed by atoms with Gasteiger partial charge in [-0.05, 0) is 65.0 Å². The van der Waals surface area contributed by atoms with E-state index in [0.29, 0.717) is 11.1 Å². The third-order valence-electron chi connectivity index (χ3n) is 4.32. The van der Waals surface area contributed by atoms with Gasteiger partial charge in [-0.15, -0.1) is 0 Å². The molecule has 7 nitrogen and oxygen atoms in total. The van der Waals surface area contributed by atoms with Gasteiger partial charge >= 0.3 is 0 Å². The van der Waals surface area contributed by atoms with Gasteiger partial charge < -0.3 is 9.64 Å². The molecular formula is C24H36N4O3. The molecule has 0 amide bonds. The SMILES string of the molecule is CC(=O)c1cnccc1C.COC(C)N(C)C.Cc1ccncc1C(=O)/C=C/N(C)C. The van der Waals surface area contributed by atoms with E-state index >= 15 is 0 Å². The Morgan fingerprint density at radius 3 is 1.74 bits per heavy atom. The summed E-state index contributed by atoms with van der Waals surface area (Å²) in [5, 5.41) is 0. The first-order valence-corrected chi connectivity index (χ1v) is 9.91. The molecule has 0 aliphatic rings. The topological polar surface area (TPSA) is 75.6 Å². The van der Waals surface area contributed by atoms with Crippen molar-refractivity contribution in [3.8, 4) is 0 Å². The van der Waals surface area contributed by atoms with Crippen LogP contribution in [-0.2, 0) is 4.74 Å². The molecule has 2 aromatic rings. The van der Waals surface area contributed by atoms with E-state index in [-0.39, 0.29) is 17.8 Å². The molecule has 0 aliphatic carbocycles. The molecule has 0 fully saturated rings. The van der Waals surface area contributed by atoms with Crippen LogP contribution in [0, 0.1) is 13.8 Å². The fourth-order valence-corrected chi connectivity index (χ4v) is 2.07. The molecule has 7 heteroatoms. The monoisotopic (exact) mass is 428 g/mol. The maximum atomic E-state index is 11.6. The van der Waals surface area contributed by atoms with Gasteiger partial charge in [-0.2, -0.15) is 0 Å². The molecule has 0 aliphatic heterocycles. The lowest BCUT2D eigenvalue weighted by Crippen LogP contribution is -2.25. The second-order valence-corrected chi connectivity index (χ2v) is 7.38. The molecular weight excluding hydrogens is 392 g/mol. The lowest BCUT2D eigenvalue weighted by atomic mass is 10.1. The molecule has 0 aromatic carbocycles. The first-order chi connectivity index (χ1) is 14.5. The standard InChI is InChI=1S/C11H14N2O.C8H9NO.C5H13NO/c1-9-4-6-12-8-10(9)11(14)5-7-13(2)3;1-6-3-4-9-5-8(6)7(2)10;1-5(7-4)6(2)3/h4-8H,1-3H3;3-5H,1-2H3;5H,1-4H3/b7-5+;;. The van der Waals surface area contributed by atoms with E-state index in [1.807, 2.05) is 70.9 Å². The first-order valence-electron chi connectivity index (χ1n) is 9.91. The molecule has 0 bridgehead atoms. The van der Waals surface area contributed by atoms with Gasteiger partial charge in [0.2, 0.25) is 0 Å². The van der Waals surface area contributed by atoms with Gasteiger partial charge in [-0.25, -0.2) is 0 Å². The Labute approximate surface area is 186 Å². The normalized spacial score (nSPS) is 11.2. The fraction of sp³-hybridized carbons (Fsp3) is 0.417. The summed E-state index contributed by atoms with van der Waals surface area (Å²) in [6.07, 6.45) is 10.1. The van der Waals surface area contributed by atoms with E-state index in [9.17, 15) is 9.59 Å². The molecule has 1 atom stereocenters. The number of hydrogen-bond donors (Lipinski definition) is 0. The largest absolute Gasteiger partial charge is 0.383 e. The van der Waals surface area contributed by atoms with Gasteiger partial charge in [0.25, 0.3) is 0 Å². The zero-order valence-corrected chi connectivity index (χ0v) is 20.2. The van der Waals surface area contributed by atoms with Crippen molar-refractivity contribution >= 4 is 11.6 Å². The zero-order valence-electron chi connectivity index (χ0n) is 20.2. The van der Waals surface area contributed by atoms with Crippen LogP contribution in [0.5, 0.6) is 0 Å². The second-order valence-electron chi connectivity index (χ2n) is 7.38. The van der Waals surface area contributed by atoms with E-state index in [4.69, 9.17) is 4.74 Å². The minimum Gasteiger partial charge on any atom is -0.383 e. The Hall–Kier alpha value is -2.90. The molecule has 0 N–H and O–H groups in total. The van der Waals surface area contributed by atoms with E-state index in [1.54, 1.807) is 51.1 Å². The highest BCUT2D eigenvalue weighted by Crippen LogP contribution is 2.06. The van der Waals surface area contributed by atoms with Crippen LogP contribution in [0.1, 0.15) is 45.7 Å². The summed E-state index contributed by atoms with van der Waals surface area (Å²) in [5.74, 6) is 0.0647. The first kappa shape index (κ1) is 28.1. The Morgan fingerprint density at radius 1 is 0.968 bits per heavy atom. The fourth-order valence-electron chi connectivity index (χ4n) is 2.07. The summed E-state index contributed by atoms with van der Waals surface area (Å²) in [7, 11) is 9.41. The molecule has 1 unspecified atom stereocenters. The van der Waals surface area contributed by atoms with Crippen LogP contribution >= 0.6 is 0 Å². The van der Waals surface area contributed by atoms with Crippen molar-refractivity contribution in [2.75, 3.05) is 35.3 Å². The van der Waals surface area contributed by atoms with Gasteiger partial charge in [0.05, 0.1) is 0 Å². The van der Waals surface area contributed by atoms with Crippen molar-refractivity contribution in [2.45, 2.75) is 33.9 Å². The quantitative estimate of drug-likeness (QED) is 0.394. The van der Waals surface area contributed by atoms with Crippen molar-refractivity contribution in [1.29, 1.82) is 0 Å². The van der Waals surface area contributed by atoms with Crippen LogP contribution in [0.3, 0.4) is 0 Å². The predicted molar refractivity (Wildman–Crippen MR) is 125 cm³/mol. The molecule has 31 heavy (non-hydrogen) atoms. The average molecular weight is 429 g/mol. The number of aryl methyl sites for hydroxylation is 2. The third kappa shape index (κ3) is 11.8. The highest BCUT2D eigenvalue weighted by molar-refractivity contribution is 6.05. The minimum absolute atomic E-state index is 0.00991. The number of hydrogen-bond acceptors (Lipinski definition) is 7. The summed E-state index contributed by atoms with van der Waals surface area (Å²) in [4.78, 5) is 34.0. The molecule has 2 aromatic heterocycles. The lowest BCUT2D eigenvalue weighted by molar-refractivity contribution is 0.0116. The number of ether oxygens (including phenoxy) is 1. The molecule has 2 rings (SSSR count). The second kappa shape index (κ2) is 15.0. The summed E-state index contributed by atoms with van der Waals surface area (Å²) < 4.78 is 4.94. The minimum atomic E-state index is -0.00991. The summed E-state index contributed by atoms with van der Waals surface area (Å²) in [6.45, 7) is 7.35. The number of allylic oxidation sites excluding steroid dienone is 1. The molecule has 0 saturated heterocycles. The highest BCUT2D eigenvalue weighted by Gasteiger charge is 2.04. The van der Waals surface area contributed by atoms with Gasteiger partial charge in [-0.3, -0.25) is 24.5 Å². The van der Waals surface area contributed by atoms with Crippen molar-refractivity contribution in [1.82, 2.24) is 19.8 Å². The number of Topliss-reactive ketones (excluding diaryl/α,β-unsaturated/α-hetero) is 1.